The van der Waals surface area contributed by atoms with Crippen LogP contribution in [0.5, 0.6) is 0 Å². The summed E-state index contributed by atoms with van der Waals surface area (Å²) in [5.41, 5.74) is 1.46. The van der Waals surface area contributed by atoms with Crippen molar-refractivity contribution in [2.75, 3.05) is 0 Å². The van der Waals surface area contributed by atoms with Gasteiger partial charge in [-0.15, -0.1) is 0 Å². The first-order valence-electron chi connectivity index (χ1n) is 11.1. The van der Waals surface area contributed by atoms with Crippen LogP contribution in [-0.2, 0) is 4.79 Å². The molecule has 0 aromatic carbocycles. The molecule has 4 heteroatoms. The highest BCUT2D eigenvalue weighted by atomic mass is 16.4. The number of hydrogen-bond acceptors (Lipinski definition) is 3. The van der Waals surface area contributed by atoms with E-state index >= 15 is 0 Å². The maximum atomic E-state index is 10.7. The smallest absolute Gasteiger partial charge is 0.303 e. The number of carboxylic acids is 1. The molecule has 3 N–H and O–H groups in total. The molecule has 4 nitrogen and oxygen atoms in total. The summed E-state index contributed by atoms with van der Waals surface area (Å²) in [6.07, 6.45) is 10.4. The molecule has 0 aliphatic heterocycles. The van der Waals surface area contributed by atoms with Crippen molar-refractivity contribution < 1.29 is 20.1 Å². The molecule has 3 fully saturated rings. The van der Waals surface area contributed by atoms with E-state index in [-0.39, 0.29) is 23.7 Å². The summed E-state index contributed by atoms with van der Waals surface area (Å²) in [4.78, 5) is 10.7. The number of aliphatic hydroxyl groups is 2. The number of allylic oxidation sites excluding steroid dienone is 2. The molecule has 0 amide bonds. The molecule has 28 heavy (non-hydrogen) atoms. The lowest BCUT2D eigenvalue weighted by molar-refractivity contribution is -0.137. The molecule has 6 atom stereocenters. The van der Waals surface area contributed by atoms with Crippen molar-refractivity contribution in [3.8, 4) is 11.8 Å². The van der Waals surface area contributed by atoms with Gasteiger partial charge >= 0.3 is 5.97 Å². The summed E-state index contributed by atoms with van der Waals surface area (Å²) in [5.74, 6) is 6.56. The van der Waals surface area contributed by atoms with E-state index in [1.54, 1.807) is 0 Å². The molecule has 0 saturated heterocycles. The van der Waals surface area contributed by atoms with Gasteiger partial charge in [0.15, 0.2) is 0 Å². The monoisotopic (exact) mass is 388 g/mol. The van der Waals surface area contributed by atoms with Crippen LogP contribution in [0, 0.1) is 40.9 Å². The van der Waals surface area contributed by atoms with Crippen LogP contribution in [0.15, 0.2) is 11.6 Å². The Labute approximate surface area is 169 Å². The molecule has 0 bridgehead atoms. The Kier molecular flexibility index (Phi) is 6.89. The molecule has 3 saturated carbocycles. The summed E-state index contributed by atoms with van der Waals surface area (Å²) in [6.45, 7) is 4.48. The molecule has 0 spiro atoms. The van der Waals surface area contributed by atoms with Gasteiger partial charge in [-0.05, 0) is 61.7 Å². The third kappa shape index (κ3) is 4.31. The van der Waals surface area contributed by atoms with Gasteiger partial charge in [-0.3, -0.25) is 4.79 Å². The summed E-state index contributed by atoms with van der Waals surface area (Å²) >= 11 is 0. The molecule has 156 valence electrons. The Balaban J connectivity index is 1.68. The first kappa shape index (κ1) is 21.4. The van der Waals surface area contributed by atoms with Crippen LogP contribution in [0.1, 0.15) is 78.1 Å². The second-order valence-electron chi connectivity index (χ2n) is 9.44. The van der Waals surface area contributed by atoms with Gasteiger partial charge in [0.05, 0.1) is 12.0 Å². The van der Waals surface area contributed by atoms with Crippen molar-refractivity contribution in [1.82, 2.24) is 0 Å². The van der Waals surface area contributed by atoms with Crippen LogP contribution in [0.25, 0.3) is 0 Å². The number of unbranched alkanes of at least 4 members (excludes halogenated alkanes) is 1. The lowest BCUT2D eigenvalue weighted by atomic mass is 9.43. The number of aliphatic carboxylic acids is 1. The predicted octanol–water partition coefficient (Wildman–Crippen LogP) is 4.16. The van der Waals surface area contributed by atoms with Crippen molar-refractivity contribution in [3.63, 3.8) is 0 Å². The average molecular weight is 389 g/mol. The number of hydrogen-bond donors (Lipinski definition) is 3. The molecule has 2 unspecified atom stereocenters. The van der Waals surface area contributed by atoms with E-state index in [0.717, 1.165) is 32.1 Å². The Hall–Kier alpha value is -1.31. The van der Waals surface area contributed by atoms with Crippen molar-refractivity contribution >= 4 is 5.97 Å². The van der Waals surface area contributed by atoms with Gasteiger partial charge in [0, 0.05) is 6.42 Å². The normalized spacial score (nSPS) is 38.1. The van der Waals surface area contributed by atoms with E-state index in [1.165, 1.54) is 24.8 Å². The summed E-state index contributed by atoms with van der Waals surface area (Å²) < 4.78 is 0. The van der Waals surface area contributed by atoms with Crippen LogP contribution in [0.3, 0.4) is 0 Å². The Morgan fingerprint density at radius 3 is 2.68 bits per heavy atom. The second-order valence-corrected chi connectivity index (χ2v) is 9.44. The zero-order chi connectivity index (χ0) is 20.3. The van der Waals surface area contributed by atoms with E-state index in [4.69, 9.17) is 5.11 Å². The quantitative estimate of drug-likeness (QED) is 0.375. The maximum absolute atomic E-state index is 10.7. The summed E-state index contributed by atoms with van der Waals surface area (Å²) in [7, 11) is 0. The van der Waals surface area contributed by atoms with Gasteiger partial charge in [-0.2, -0.15) is 0 Å². The lowest BCUT2D eigenvalue weighted by Crippen LogP contribution is -2.56. The van der Waals surface area contributed by atoms with Crippen molar-refractivity contribution in [1.29, 1.82) is 0 Å². The molecular weight excluding hydrogens is 352 g/mol. The third-order valence-electron chi connectivity index (χ3n) is 7.64. The predicted molar refractivity (Wildman–Crippen MR) is 109 cm³/mol. The van der Waals surface area contributed by atoms with E-state index in [2.05, 4.69) is 31.8 Å². The van der Waals surface area contributed by atoms with E-state index < -0.39 is 18.2 Å². The van der Waals surface area contributed by atoms with E-state index in [0.29, 0.717) is 18.3 Å². The van der Waals surface area contributed by atoms with Gasteiger partial charge in [0.2, 0.25) is 0 Å². The maximum Gasteiger partial charge on any atom is 0.303 e. The van der Waals surface area contributed by atoms with Gasteiger partial charge in [0.1, 0.15) is 6.10 Å². The number of fused-ring (bicyclic) bond motifs is 1. The van der Waals surface area contributed by atoms with Crippen molar-refractivity contribution in [3.05, 3.63) is 11.6 Å². The van der Waals surface area contributed by atoms with Crippen LogP contribution < -0.4 is 0 Å². The lowest BCUT2D eigenvalue weighted by Gasteiger charge is -2.61. The molecule has 3 aliphatic rings. The Bertz CT molecular complexity index is 651. The SMILES string of the molecule is CC1C(=CCCCC(=O)O)[C@]2(C)CC[C@H](O)[C@@H](C#CC(O)C3CCCCC3)[C@H]12. The average Bonchev–Trinajstić information content (AvgIpc) is 2.68. The topological polar surface area (TPSA) is 77.8 Å². The zero-order valence-electron chi connectivity index (χ0n) is 17.4. The number of carboxylic acid groups (broad SMARTS) is 1. The minimum atomic E-state index is -0.739. The first-order chi connectivity index (χ1) is 13.3. The van der Waals surface area contributed by atoms with Crippen LogP contribution in [0.2, 0.25) is 0 Å². The molecule has 3 rings (SSSR count). The minimum absolute atomic E-state index is 0.0526. The summed E-state index contributed by atoms with van der Waals surface area (Å²) in [6, 6.07) is 0. The largest absolute Gasteiger partial charge is 0.481 e. The highest BCUT2D eigenvalue weighted by Gasteiger charge is 2.58. The van der Waals surface area contributed by atoms with Gasteiger partial charge in [-0.1, -0.05) is 56.6 Å². The molecule has 0 aromatic rings. The molecule has 0 heterocycles. The highest BCUT2D eigenvalue weighted by molar-refractivity contribution is 5.66. The first-order valence-corrected chi connectivity index (χ1v) is 11.1. The van der Waals surface area contributed by atoms with Crippen molar-refractivity contribution in [2.45, 2.75) is 90.3 Å². The van der Waals surface area contributed by atoms with Gasteiger partial charge in [-0.25, -0.2) is 0 Å². The second kappa shape index (κ2) is 9.01. The number of aliphatic hydroxyl groups excluding tert-OH is 2. The van der Waals surface area contributed by atoms with E-state index in [1.807, 2.05) is 0 Å². The Morgan fingerprint density at radius 2 is 2.00 bits per heavy atom. The summed E-state index contributed by atoms with van der Waals surface area (Å²) in [5, 5.41) is 30.0. The standard InChI is InChI=1S/C24H36O4/c1-16-19(10-6-7-11-22(27)28)24(2)15-14-21(26)18(23(16)24)12-13-20(25)17-8-4-3-5-9-17/h10,16-18,20-21,23,25-26H,3-9,11,14-15H2,1-2H3,(H,27,28)/t16?,18-,20?,21+,23+,24+/m1/s1. The highest BCUT2D eigenvalue weighted by Crippen LogP contribution is 2.64. The Morgan fingerprint density at radius 1 is 1.29 bits per heavy atom. The molecule has 3 aliphatic carbocycles. The number of rotatable bonds is 5. The fourth-order valence-corrected chi connectivity index (χ4v) is 6.11. The number of carbonyl (C=O) groups is 1. The fraction of sp³-hybridized carbons (Fsp3) is 0.792. The zero-order valence-corrected chi connectivity index (χ0v) is 17.4. The van der Waals surface area contributed by atoms with Crippen LogP contribution in [-0.4, -0.2) is 33.5 Å². The third-order valence-corrected chi connectivity index (χ3v) is 7.64. The minimum Gasteiger partial charge on any atom is -0.481 e. The van der Waals surface area contributed by atoms with Crippen LogP contribution in [0.4, 0.5) is 0 Å². The van der Waals surface area contributed by atoms with Crippen molar-refractivity contribution in [2.24, 2.45) is 29.1 Å². The molecular formula is C24H36O4. The van der Waals surface area contributed by atoms with Gasteiger partial charge < -0.3 is 15.3 Å². The van der Waals surface area contributed by atoms with Gasteiger partial charge in [0.25, 0.3) is 0 Å². The van der Waals surface area contributed by atoms with Crippen LogP contribution >= 0.6 is 0 Å². The van der Waals surface area contributed by atoms with E-state index in [9.17, 15) is 15.0 Å². The fourth-order valence-electron chi connectivity index (χ4n) is 6.11. The molecule has 0 aromatic heterocycles. The molecule has 0 radical (unpaired) electrons.